The Labute approximate surface area is 111 Å². The summed E-state index contributed by atoms with van der Waals surface area (Å²) in [6.07, 6.45) is 7.15. The summed E-state index contributed by atoms with van der Waals surface area (Å²) < 4.78 is 6.94. The molecule has 96 valence electrons. The van der Waals surface area contributed by atoms with E-state index < -0.39 is 0 Å². The van der Waals surface area contributed by atoms with Gasteiger partial charge in [0, 0.05) is 23.6 Å². The molecule has 0 aliphatic carbocycles. The van der Waals surface area contributed by atoms with E-state index in [1.165, 1.54) is 0 Å². The SMILES string of the molecule is CC(Nc1cccc(-n2cccn2)c1)c1ccoc1. The highest BCUT2D eigenvalue weighted by molar-refractivity contribution is 5.52. The molecule has 2 aromatic heterocycles. The summed E-state index contributed by atoms with van der Waals surface area (Å²) in [5.41, 5.74) is 3.22. The van der Waals surface area contributed by atoms with E-state index in [-0.39, 0.29) is 6.04 Å². The van der Waals surface area contributed by atoms with Crippen molar-refractivity contribution in [3.8, 4) is 5.69 Å². The van der Waals surface area contributed by atoms with Crippen LogP contribution in [0.4, 0.5) is 5.69 Å². The van der Waals surface area contributed by atoms with Crippen molar-refractivity contribution in [2.24, 2.45) is 0 Å². The molecule has 4 heteroatoms. The first-order chi connectivity index (χ1) is 9.33. The third-order valence-electron chi connectivity index (χ3n) is 3.04. The molecule has 1 N–H and O–H groups in total. The number of furan rings is 1. The zero-order chi connectivity index (χ0) is 13.1. The van der Waals surface area contributed by atoms with Crippen molar-refractivity contribution < 1.29 is 4.42 Å². The van der Waals surface area contributed by atoms with Gasteiger partial charge < -0.3 is 9.73 Å². The van der Waals surface area contributed by atoms with Crippen molar-refractivity contribution >= 4 is 5.69 Å². The minimum Gasteiger partial charge on any atom is -0.472 e. The number of nitrogens with one attached hydrogen (secondary N) is 1. The monoisotopic (exact) mass is 253 g/mol. The lowest BCUT2D eigenvalue weighted by molar-refractivity contribution is 0.562. The van der Waals surface area contributed by atoms with E-state index >= 15 is 0 Å². The Hall–Kier alpha value is -2.49. The van der Waals surface area contributed by atoms with E-state index in [2.05, 4.69) is 23.4 Å². The van der Waals surface area contributed by atoms with Crippen molar-refractivity contribution in [1.29, 1.82) is 0 Å². The Morgan fingerprint density at radius 2 is 2.21 bits per heavy atom. The fraction of sp³-hybridized carbons (Fsp3) is 0.133. The number of rotatable bonds is 4. The minimum absolute atomic E-state index is 0.201. The van der Waals surface area contributed by atoms with Gasteiger partial charge in [0.1, 0.15) is 0 Å². The van der Waals surface area contributed by atoms with E-state index in [1.807, 2.05) is 41.2 Å². The molecular formula is C15H15N3O. The van der Waals surface area contributed by atoms with Gasteiger partial charge in [-0.3, -0.25) is 0 Å². The third-order valence-corrected chi connectivity index (χ3v) is 3.04. The van der Waals surface area contributed by atoms with Gasteiger partial charge in [-0.1, -0.05) is 6.07 Å². The first-order valence-electron chi connectivity index (χ1n) is 6.21. The average molecular weight is 253 g/mol. The van der Waals surface area contributed by atoms with E-state index in [0.29, 0.717) is 0 Å². The molecule has 3 rings (SSSR count). The van der Waals surface area contributed by atoms with Crippen LogP contribution in [0.2, 0.25) is 0 Å². The summed E-state index contributed by atoms with van der Waals surface area (Å²) >= 11 is 0. The van der Waals surface area contributed by atoms with E-state index in [1.54, 1.807) is 18.7 Å². The molecule has 0 saturated carbocycles. The summed E-state index contributed by atoms with van der Waals surface area (Å²) in [6.45, 7) is 2.10. The maximum absolute atomic E-state index is 5.10. The standard InChI is InChI=1S/C15H15N3O/c1-12(13-6-9-19-11-13)17-14-4-2-5-15(10-14)18-8-3-7-16-18/h2-12,17H,1H3. The van der Waals surface area contributed by atoms with Crippen molar-refractivity contribution in [3.05, 3.63) is 66.9 Å². The van der Waals surface area contributed by atoms with Crippen LogP contribution >= 0.6 is 0 Å². The van der Waals surface area contributed by atoms with Crippen molar-refractivity contribution in [2.45, 2.75) is 13.0 Å². The summed E-state index contributed by atoms with van der Waals surface area (Å²) in [7, 11) is 0. The number of aromatic nitrogens is 2. The van der Waals surface area contributed by atoms with Crippen LogP contribution in [-0.4, -0.2) is 9.78 Å². The van der Waals surface area contributed by atoms with Crippen molar-refractivity contribution in [1.82, 2.24) is 9.78 Å². The maximum atomic E-state index is 5.10. The molecule has 2 heterocycles. The number of benzene rings is 1. The fourth-order valence-corrected chi connectivity index (χ4v) is 2.01. The second-order valence-electron chi connectivity index (χ2n) is 4.42. The number of anilines is 1. The second-order valence-corrected chi connectivity index (χ2v) is 4.42. The normalized spacial score (nSPS) is 12.3. The Morgan fingerprint density at radius 3 is 2.95 bits per heavy atom. The van der Waals surface area contributed by atoms with Gasteiger partial charge in [-0.25, -0.2) is 4.68 Å². The Bertz CT molecular complexity index is 629. The molecule has 3 aromatic rings. The summed E-state index contributed by atoms with van der Waals surface area (Å²) in [5, 5.41) is 7.68. The lowest BCUT2D eigenvalue weighted by Crippen LogP contribution is -2.06. The maximum Gasteiger partial charge on any atom is 0.0955 e. The van der Waals surface area contributed by atoms with Gasteiger partial charge >= 0.3 is 0 Å². The summed E-state index contributed by atoms with van der Waals surface area (Å²) in [4.78, 5) is 0. The summed E-state index contributed by atoms with van der Waals surface area (Å²) in [6, 6.07) is 12.2. The van der Waals surface area contributed by atoms with E-state index in [0.717, 1.165) is 16.9 Å². The first kappa shape index (κ1) is 11.6. The van der Waals surface area contributed by atoms with Crippen LogP contribution in [0.15, 0.2) is 65.7 Å². The van der Waals surface area contributed by atoms with E-state index in [4.69, 9.17) is 4.42 Å². The van der Waals surface area contributed by atoms with Gasteiger partial charge in [0.25, 0.3) is 0 Å². The van der Waals surface area contributed by atoms with Gasteiger partial charge in [0.2, 0.25) is 0 Å². The Kier molecular flexibility index (Phi) is 3.06. The van der Waals surface area contributed by atoms with Gasteiger partial charge in [-0.2, -0.15) is 5.10 Å². The molecule has 0 bridgehead atoms. The zero-order valence-electron chi connectivity index (χ0n) is 10.7. The molecule has 0 saturated heterocycles. The lowest BCUT2D eigenvalue weighted by atomic mass is 10.1. The molecule has 1 aromatic carbocycles. The van der Waals surface area contributed by atoms with Crippen LogP contribution in [0.5, 0.6) is 0 Å². The molecular weight excluding hydrogens is 238 g/mol. The minimum atomic E-state index is 0.201. The largest absolute Gasteiger partial charge is 0.472 e. The highest BCUT2D eigenvalue weighted by Crippen LogP contribution is 2.21. The van der Waals surface area contributed by atoms with Crippen LogP contribution in [-0.2, 0) is 0 Å². The van der Waals surface area contributed by atoms with Crippen LogP contribution < -0.4 is 5.32 Å². The molecule has 1 atom stereocenters. The number of hydrogen-bond acceptors (Lipinski definition) is 3. The number of hydrogen-bond donors (Lipinski definition) is 1. The van der Waals surface area contributed by atoms with Gasteiger partial charge in [-0.15, -0.1) is 0 Å². The Morgan fingerprint density at radius 1 is 1.26 bits per heavy atom. The highest BCUT2D eigenvalue weighted by atomic mass is 16.3. The number of nitrogens with zero attached hydrogens (tertiary/aromatic N) is 2. The van der Waals surface area contributed by atoms with Crippen LogP contribution in [0.3, 0.4) is 0 Å². The van der Waals surface area contributed by atoms with Crippen LogP contribution in [0.1, 0.15) is 18.5 Å². The van der Waals surface area contributed by atoms with Gasteiger partial charge in [-0.05, 0) is 37.3 Å². The van der Waals surface area contributed by atoms with Crippen LogP contribution in [0.25, 0.3) is 5.69 Å². The van der Waals surface area contributed by atoms with E-state index in [9.17, 15) is 0 Å². The molecule has 0 aliphatic heterocycles. The van der Waals surface area contributed by atoms with Gasteiger partial charge in [0.15, 0.2) is 0 Å². The van der Waals surface area contributed by atoms with Crippen LogP contribution in [0, 0.1) is 0 Å². The topological polar surface area (TPSA) is 43.0 Å². The van der Waals surface area contributed by atoms with Crippen molar-refractivity contribution in [3.63, 3.8) is 0 Å². The predicted octanol–water partition coefficient (Wildman–Crippen LogP) is 3.64. The fourth-order valence-electron chi connectivity index (χ4n) is 2.01. The zero-order valence-corrected chi connectivity index (χ0v) is 10.7. The molecule has 0 spiro atoms. The lowest BCUT2D eigenvalue weighted by Gasteiger charge is -2.14. The molecule has 19 heavy (non-hydrogen) atoms. The molecule has 4 nitrogen and oxygen atoms in total. The molecule has 1 unspecified atom stereocenters. The predicted molar refractivity (Wildman–Crippen MR) is 74.3 cm³/mol. The quantitative estimate of drug-likeness (QED) is 0.772. The smallest absolute Gasteiger partial charge is 0.0955 e. The molecule has 0 amide bonds. The summed E-state index contributed by atoms with van der Waals surface area (Å²) in [5.74, 6) is 0. The average Bonchev–Trinajstić information content (AvgIpc) is 3.13. The third kappa shape index (κ3) is 2.52. The molecule has 0 aliphatic rings. The highest BCUT2D eigenvalue weighted by Gasteiger charge is 2.07. The molecule has 0 radical (unpaired) electrons. The van der Waals surface area contributed by atoms with Gasteiger partial charge in [0.05, 0.1) is 24.3 Å². The molecule has 0 fully saturated rings. The Balaban J connectivity index is 1.80. The second kappa shape index (κ2) is 5.02. The van der Waals surface area contributed by atoms with Crippen molar-refractivity contribution in [2.75, 3.05) is 5.32 Å². The first-order valence-corrected chi connectivity index (χ1v) is 6.21.